The summed E-state index contributed by atoms with van der Waals surface area (Å²) in [5, 5.41) is 8.83. The first-order valence-corrected chi connectivity index (χ1v) is 8.05. The van der Waals surface area contributed by atoms with E-state index < -0.39 is 27.2 Å². The van der Waals surface area contributed by atoms with Crippen LogP contribution in [-0.4, -0.2) is 48.4 Å². The van der Waals surface area contributed by atoms with E-state index in [1.807, 2.05) is 0 Å². The SMILES string of the molecule is COCCC(C(=O)O)c1ccnc(NS(=O)(=O)C2CC2)n1.[H-].[K+]. The second-order valence-electron chi connectivity index (χ2n) is 4.82. The van der Waals surface area contributed by atoms with Gasteiger partial charge in [0.2, 0.25) is 16.0 Å². The smallest absolute Gasteiger partial charge is 1.00 e. The minimum absolute atomic E-state index is 0. The number of methoxy groups -OCH3 is 1. The molecule has 22 heavy (non-hydrogen) atoms. The van der Waals surface area contributed by atoms with E-state index in [4.69, 9.17) is 4.74 Å². The van der Waals surface area contributed by atoms with Gasteiger partial charge in [-0.1, -0.05) is 0 Å². The largest absolute Gasteiger partial charge is 1.00 e. The number of carbonyl (C=O) groups is 1. The molecule has 1 aliphatic rings. The first-order chi connectivity index (χ1) is 9.94. The number of aromatic nitrogens is 2. The second-order valence-corrected chi connectivity index (χ2v) is 6.78. The Balaban J connectivity index is 0.00000242. The van der Waals surface area contributed by atoms with Gasteiger partial charge in [0, 0.05) is 19.9 Å². The average molecular weight is 355 g/mol. The Bertz CT molecular complexity index is 627. The number of carboxylic acids is 1. The van der Waals surface area contributed by atoms with Crippen molar-refractivity contribution in [2.45, 2.75) is 30.4 Å². The van der Waals surface area contributed by atoms with Gasteiger partial charge in [0.15, 0.2) is 0 Å². The molecule has 1 fully saturated rings. The van der Waals surface area contributed by atoms with Crippen LogP contribution in [-0.2, 0) is 19.6 Å². The number of anilines is 1. The number of aliphatic carboxylic acids is 1. The van der Waals surface area contributed by atoms with Crippen molar-refractivity contribution in [1.82, 2.24) is 9.97 Å². The third-order valence-corrected chi connectivity index (χ3v) is 4.96. The minimum Gasteiger partial charge on any atom is -1.00 e. The Labute approximate surface area is 173 Å². The van der Waals surface area contributed by atoms with E-state index in [2.05, 4.69) is 14.7 Å². The summed E-state index contributed by atoms with van der Waals surface area (Å²) >= 11 is 0. The number of sulfonamides is 1. The fraction of sp³-hybridized carbons (Fsp3) is 0.583. The molecule has 0 aromatic carbocycles. The molecule has 10 heteroatoms. The summed E-state index contributed by atoms with van der Waals surface area (Å²) in [6.07, 6.45) is 2.84. The Hall–Kier alpha value is -0.104. The third-order valence-electron chi connectivity index (χ3n) is 3.14. The fourth-order valence-electron chi connectivity index (χ4n) is 1.84. The van der Waals surface area contributed by atoms with Gasteiger partial charge in [-0.05, 0) is 25.3 Å². The topological polar surface area (TPSA) is 118 Å². The minimum atomic E-state index is -3.47. The van der Waals surface area contributed by atoms with Gasteiger partial charge < -0.3 is 11.3 Å². The molecule has 0 aliphatic heterocycles. The molecule has 2 rings (SSSR count). The third kappa shape index (κ3) is 5.51. The summed E-state index contributed by atoms with van der Waals surface area (Å²) in [7, 11) is -1.99. The van der Waals surface area contributed by atoms with Crippen molar-refractivity contribution in [3.05, 3.63) is 18.0 Å². The Morgan fingerprint density at radius 2 is 2.27 bits per heavy atom. The van der Waals surface area contributed by atoms with Crippen LogP contribution in [0.15, 0.2) is 12.3 Å². The molecule has 0 spiro atoms. The molecule has 0 radical (unpaired) electrons. The summed E-state index contributed by atoms with van der Waals surface area (Å²) in [6, 6.07) is 1.46. The average Bonchev–Trinajstić information content (AvgIpc) is 3.23. The molecule has 1 aromatic rings. The number of nitrogens with one attached hydrogen (secondary N) is 1. The normalized spacial score (nSPS) is 15.7. The number of nitrogens with zero attached hydrogens (tertiary/aromatic N) is 2. The molecule has 1 heterocycles. The molecule has 1 saturated carbocycles. The van der Waals surface area contributed by atoms with E-state index in [0.717, 1.165) is 0 Å². The molecule has 1 atom stereocenters. The maximum absolute atomic E-state index is 11.8. The molecule has 1 unspecified atom stereocenters. The molecule has 0 saturated heterocycles. The number of hydrogen-bond acceptors (Lipinski definition) is 6. The van der Waals surface area contributed by atoms with Gasteiger partial charge in [-0.2, -0.15) is 0 Å². The van der Waals surface area contributed by atoms with Gasteiger partial charge in [0.1, 0.15) is 5.92 Å². The van der Waals surface area contributed by atoms with E-state index in [9.17, 15) is 18.3 Å². The van der Waals surface area contributed by atoms with Gasteiger partial charge in [0.25, 0.3) is 0 Å². The van der Waals surface area contributed by atoms with Crippen molar-refractivity contribution < 1.29 is 75.9 Å². The van der Waals surface area contributed by atoms with Crippen LogP contribution in [0.2, 0.25) is 0 Å². The van der Waals surface area contributed by atoms with Gasteiger partial charge >= 0.3 is 57.4 Å². The molecule has 0 amide bonds. The first kappa shape index (κ1) is 19.9. The van der Waals surface area contributed by atoms with Crippen LogP contribution >= 0.6 is 0 Å². The van der Waals surface area contributed by atoms with Crippen molar-refractivity contribution in [2.24, 2.45) is 0 Å². The maximum atomic E-state index is 11.8. The molecule has 1 aliphatic carbocycles. The second kappa shape index (κ2) is 8.67. The van der Waals surface area contributed by atoms with Gasteiger partial charge in [-0.25, -0.2) is 18.4 Å². The Morgan fingerprint density at radius 1 is 1.59 bits per heavy atom. The summed E-state index contributed by atoms with van der Waals surface area (Å²) in [6.45, 7) is 0.268. The van der Waals surface area contributed by atoms with Crippen molar-refractivity contribution in [1.29, 1.82) is 0 Å². The van der Waals surface area contributed by atoms with Crippen LogP contribution in [0.25, 0.3) is 0 Å². The summed E-state index contributed by atoms with van der Waals surface area (Å²) in [5.74, 6) is -2.00. The number of rotatable bonds is 8. The maximum Gasteiger partial charge on any atom is 1.00 e. The van der Waals surface area contributed by atoms with Gasteiger partial charge in [-0.3, -0.25) is 9.52 Å². The molecule has 2 N–H and O–H groups in total. The molecule has 1 aromatic heterocycles. The quantitative estimate of drug-likeness (QED) is 0.504. The monoisotopic (exact) mass is 355 g/mol. The molecular formula is C12H18KN3O5S. The Morgan fingerprint density at radius 3 is 2.82 bits per heavy atom. The fourth-order valence-corrected chi connectivity index (χ4v) is 3.11. The van der Waals surface area contributed by atoms with E-state index in [1.54, 1.807) is 0 Å². The predicted octanol–water partition coefficient (Wildman–Crippen LogP) is -2.30. The van der Waals surface area contributed by atoms with Crippen molar-refractivity contribution in [3.8, 4) is 0 Å². The van der Waals surface area contributed by atoms with Crippen LogP contribution in [0.4, 0.5) is 5.95 Å². The van der Waals surface area contributed by atoms with Crippen LogP contribution in [0.5, 0.6) is 0 Å². The van der Waals surface area contributed by atoms with Crippen LogP contribution in [0.1, 0.15) is 32.3 Å². The molecule has 118 valence electrons. The number of hydrogen-bond donors (Lipinski definition) is 2. The van der Waals surface area contributed by atoms with E-state index in [1.165, 1.54) is 19.4 Å². The van der Waals surface area contributed by atoms with Crippen molar-refractivity contribution in [2.75, 3.05) is 18.4 Å². The van der Waals surface area contributed by atoms with Crippen molar-refractivity contribution in [3.63, 3.8) is 0 Å². The summed E-state index contributed by atoms with van der Waals surface area (Å²) < 4.78 is 30.8. The predicted molar refractivity (Wildman–Crippen MR) is 75.6 cm³/mol. The number of carboxylic acid groups (broad SMARTS) is 1. The number of ether oxygens (including phenoxy) is 1. The van der Waals surface area contributed by atoms with E-state index in [0.29, 0.717) is 12.8 Å². The standard InChI is InChI=1S/C12H17N3O5S.K.H/c1-20-7-5-9(11(16)17)10-4-6-13-12(14-10)15-21(18,19)8-2-3-8;;/h4,6,8-9H,2-3,5,7H2,1H3,(H,16,17)(H,13,14,15);;/q;+1;-1. The van der Waals surface area contributed by atoms with E-state index in [-0.39, 0.29) is 77.5 Å². The molecule has 8 nitrogen and oxygen atoms in total. The van der Waals surface area contributed by atoms with Gasteiger partial charge in [0.05, 0.1) is 10.9 Å². The summed E-state index contributed by atoms with van der Waals surface area (Å²) in [4.78, 5) is 19.1. The van der Waals surface area contributed by atoms with E-state index >= 15 is 0 Å². The van der Waals surface area contributed by atoms with Crippen LogP contribution in [0, 0.1) is 0 Å². The van der Waals surface area contributed by atoms with Crippen molar-refractivity contribution >= 4 is 21.9 Å². The zero-order valence-corrected chi connectivity index (χ0v) is 16.5. The zero-order chi connectivity index (χ0) is 15.5. The first-order valence-electron chi connectivity index (χ1n) is 6.50. The molecule has 0 bridgehead atoms. The molecular weight excluding hydrogens is 337 g/mol. The Kier molecular flexibility index (Phi) is 7.86. The zero-order valence-electron chi connectivity index (χ0n) is 13.5. The van der Waals surface area contributed by atoms with Crippen LogP contribution < -0.4 is 56.1 Å². The summed E-state index contributed by atoms with van der Waals surface area (Å²) in [5.41, 5.74) is 0.253. The van der Waals surface area contributed by atoms with Gasteiger partial charge in [-0.15, -0.1) is 0 Å². The van der Waals surface area contributed by atoms with Crippen LogP contribution in [0.3, 0.4) is 0 Å².